The fraction of sp³-hybridized carbons (Fsp3) is 0.0870. The number of nitrogens with zero attached hydrogens (tertiary/aromatic N) is 3. The first-order chi connectivity index (χ1) is 15.4. The van der Waals surface area contributed by atoms with Crippen LogP contribution in [-0.2, 0) is 4.79 Å². The van der Waals surface area contributed by atoms with Gasteiger partial charge in [-0.2, -0.15) is 0 Å². The topological polar surface area (TPSA) is 59.8 Å². The summed E-state index contributed by atoms with van der Waals surface area (Å²) in [6.45, 7) is 1.97. The standard InChI is InChI=1S/C23H17ClF2N4OS/c1-14-6-9-16(10-7-14)30-22(17-4-2-3-5-19(17)25)28-29-23(30)32-13-21(31)27-15-8-11-20(26)18(24)12-15/h2-12H,13H2,1H3,(H,27,31). The van der Waals surface area contributed by atoms with E-state index in [0.29, 0.717) is 22.2 Å². The molecule has 3 aromatic carbocycles. The largest absolute Gasteiger partial charge is 0.325 e. The van der Waals surface area contributed by atoms with Crippen molar-refractivity contribution in [3.8, 4) is 17.1 Å². The molecule has 0 aliphatic rings. The quantitative estimate of drug-likeness (QED) is 0.356. The van der Waals surface area contributed by atoms with Crippen molar-refractivity contribution in [2.75, 3.05) is 11.1 Å². The van der Waals surface area contributed by atoms with Crippen LogP contribution in [-0.4, -0.2) is 26.4 Å². The first kappa shape index (κ1) is 22.0. The van der Waals surface area contributed by atoms with E-state index in [2.05, 4.69) is 15.5 Å². The highest BCUT2D eigenvalue weighted by Gasteiger charge is 2.19. The van der Waals surface area contributed by atoms with Gasteiger partial charge in [-0.25, -0.2) is 8.78 Å². The molecule has 1 aromatic heterocycles. The molecule has 0 unspecified atom stereocenters. The molecule has 4 rings (SSSR count). The number of benzene rings is 3. The molecule has 0 saturated carbocycles. The number of halogens is 3. The van der Waals surface area contributed by atoms with Crippen molar-refractivity contribution >= 4 is 35.0 Å². The minimum atomic E-state index is -0.564. The highest BCUT2D eigenvalue weighted by Crippen LogP contribution is 2.29. The lowest BCUT2D eigenvalue weighted by atomic mass is 10.2. The van der Waals surface area contributed by atoms with Crippen LogP contribution < -0.4 is 5.32 Å². The third kappa shape index (κ3) is 4.81. The number of thioether (sulfide) groups is 1. The second-order valence-electron chi connectivity index (χ2n) is 6.92. The van der Waals surface area contributed by atoms with Crippen molar-refractivity contribution in [3.63, 3.8) is 0 Å². The van der Waals surface area contributed by atoms with Crippen molar-refractivity contribution in [1.29, 1.82) is 0 Å². The second kappa shape index (κ2) is 9.50. The van der Waals surface area contributed by atoms with Crippen LogP contribution in [0.25, 0.3) is 17.1 Å². The van der Waals surface area contributed by atoms with Gasteiger partial charge in [-0.15, -0.1) is 10.2 Å². The SMILES string of the molecule is Cc1ccc(-n2c(SCC(=O)Nc3ccc(F)c(Cl)c3)nnc2-c2ccccc2F)cc1. The zero-order chi connectivity index (χ0) is 22.7. The van der Waals surface area contributed by atoms with Crippen molar-refractivity contribution in [2.24, 2.45) is 0 Å². The number of anilines is 1. The zero-order valence-corrected chi connectivity index (χ0v) is 18.4. The van der Waals surface area contributed by atoms with Gasteiger partial charge in [-0.05, 0) is 49.4 Å². The lowest BCUT2D eigenvalue weighted by Gasteiger charge is -2.11. The molecule has 4 aromatic rings. The molecule has 0 aliphatic carbocycles. The Bertz CT molecular complexity index is 1280. The Labute approximate surface area is 192 Å². The molecule has 0 radical (unpaired) electrons. The minimum Gasteiger partial charge on any atom is -0.325 e. The summed E-state index contributed by atoms with van der Waals surface area (Å²) < 4.78 is 29.5. The Kier molecular flexibility index (Phi) is 6.53. The number of rotatable bonds is 6. The Balaban J connectivity index is 1.61. The number of nitrogens with one attached hydrogen (secondary N) is 1. The average Bonchev–Trinajstić information content (AvgIpc) is 3.19. The van der Waals surface area contributed by atoms with Crippen LogP contribution in [0, 0.1) is 18.6 Å². The van der Waals surface area contributed by atoms with Crippen LogP contribution in [0.15, 0.2) is 71.9 Å². The van der Waals surface area contributed by atoms with Gasteiger partial charge in [-0.3, -0.25) is 9.36 Å². The van der Waals surface area contributed by atoms with E-state index in [1.165, 1.54) is 24.3 Å². The van der Waals surface area contributed by atoms with E-state index in [1.54, 1.807) is 22.8 Å². The summed E-state index contributed by atoms with van der Waals surface area (Å²) in [5.74, 6) is -0.971. The van der Waals surface area contributed by atoms with Crippen molar-refractivity contribution in [3.05, 3.63) is 89.0 Å². The van der Waals surface area contributed by atoms with E-state index < -0.39 is 11.6 Å². The predicted octanol–water partition coefficient (Wildman–Crippen LogP) is 5.91. The molecule has 0 aliphatic heterocycles. The summed E-state index contributed by atoms with van der Waals surface area (Å²) in [5.41, 5.74) is 2.50. The number of amides is 1. The van der Waals surface area contributed by atoms with Crippen molar-refractivity contribution in [2.45, 2.75) is 12.1 Å². The number of hydrogen-bond donors (Lipinski definition) is 1. The average molecular weight is 471 g/mol. The molecule has 1 heterocycles. The zero-order valence-electron chi connectivity index (χ0n) is 16.8. The number of carbonyl (C=O) groups is 1. The third-order valence-corrected chi connectivity index (χ3v) is 5.79. The lowest BCUT2D eigenvalue weighted by molar-refractivity contribution is -0.113. The molecule has 1 N–H and O–H groups in total. The van der Waals surface area contributed by atoms with Gasteiger partial charge in [0.1, 0.15) is 11.6 Å². The van der Waals surface area contributed by atoms with Gasteiger partial charge in [-0.1, -0.05) is 53.2 Å². The maximum absolute atomic E-state index is 14.5. The Morgan fingerprint density at radius 3 is 2.50 bits per heavy atom. The fourth-order valence-electron chi connectivity index (χ4n) is 3.01. The maximum Gasteiger partial charge on any atom is 0.234 e. The summed E-state index contributed by atoms with van der Waals surface area (Å²) in [5, 5.41) is 11.4. The van der Waals surface area contributed by atoms with Crippen LogP contribution >= 0.6 is 23.4 Å². The lowest BCUT2D eigenvalue weighted by Crippen LogP contribution is -2.14. The van der Waals surface area contributed by atoms with E-state index in [-0.39, 0.29) is 16.7 Å². The van der Waals surface area contributed by atoms with Crippen molar-refractivity contribution in [1.82, 2.24) is 14.8 Å². The third-order valence-electron chi connectivity index (χ3n) is 4.58. The highest BCUT2D eigenvalue weighted by molar-refractivity contribution is 7.99. The Morgan fingerprint density at radius 1 is 1.03 bits per heavy atom. The number of aromatic nitrogens is 3. The molecule has 0 bridgehead atoms. The molecule has 9 heteroatoms. The van der Waals surface area contributed by atoms with Crippen LogP contribution in [0.1, 0.15) is 5.56 Å². The van der Waals surface area contributed by atoms with Crippen LogP contribution in [0.4, 0.5) is 14.5 Å². The maximum atomic E-state index is 14.5. The monoisotopic (exact) mass is 470 g/mol. The number of aryl methyl sites for hydroxylation is 1. The Hall–Kier alpha value is -3.23. The van der Waals surface area contributed by atoms with Gasteiger partial charge in [0, 0.05) is 11.4 Å². The van der Waals surface area contributed by atoms with E-state index in [0.717, 1.165) is 23.0 Å². The van der Waals surface area contributed by atoms with Crippen molar-refractivity contribution < 1.29 is 13.6 Å². The molecule has 0 spiro atoms. The van der Waals surface area contributed by atoms with E-state index in [4.69, 9.17) is 11.6 Å². The van der Waals surface area contributed by atoms with E-state index >= 15 is 0 Å². The molecule has 0 saturated heterocycles. The molecule has 162 valence electrons. The molecular weight excluding hydrogens is 454 g/mol. The number of carbonyl (C=O) groups excluding carboxylic acids is 1. The summed E-state index contributed by atoms with van der Waals surface area (Å²) in [4.78, 5) is 12.4. The Morgan fingerprint density at radius 2 is 1.78 bits per heavy atom. The summed E-state index contributed by atoms with van der Waals surface area (Å²) in [7, 11) is 0. The highest BCUT2D eigenvalue weighted by atomic mass is 35.5. The molecule has 0 fully saturated rings. The predicted molar refractivity (Wildman–Crippen MR) is 122 cm³/mol. The first-order valence-electron chi connectivity index (χ1n) is 9.57. The molecule has 0 atom stereocenters. The minimum absolute atomic E-state index is 0.0102. The normalized spacial score (nSPS) is 10.9. The van der Waals surface area contributed by atoms with Gasteiger partial charge in [0.05, 0.1) is 16.3 Å². The van der Waals surface area contributed by atoms with Crippen LogP contribution in [0.5, 0.6) is 0 Å². The number of hydrogen-bond acceptors (Lipinski definition) is 4. The van der Waals surface area contributed by atoms with E-state index in [9.17, 15) is 13.6 Å². The smallest absolute Gasteiger partial charge is 0.234 e. The molecular formula is C23H17ClF2N4OS. The summed E-state index contributed by atoms with van der Waals surface area (Å²) >= 11 is 6.91. The van der Waals surface area contributed by atoms with Gasteiger partial charge in [0.15, 0.2) is 11.0 Å². The molecule has 1 amide bonds. The summed E-state index contributed by atoms with van der Waals surface area (Å²) in [6, 6.07) is 17.9. The van der Waals surface area contributed by atoms with Gasteiger partial charge >= 0.3 is 0 Å². The molecule has 32 heavy (non-hydrogen) atoms. The fourth-order valence-corrected chi connectivity index (χ4v) is 3.94. The van der Waals surface area contributed by atoms with Gasteiger partial charge in [0.2, 0.25) is 5.91 Å². The summed E-state index contributed by atoms with van der Waals surface area (Å²) in [6.07, 6.45) is 0. The van der Waals surface area contributed by atoms with Crippen LogP contribution in [0.3, 0.4) is 0 Å². The van der Waals surface area contributed by atoms with Crippen LogP contribution in [0.2, 0.25) is 5.02 Å². The van der Waals surface area contributed by atoms with E-state index in [1.807, 2.05) is 31.2 Å². The first-order valence-corrected chi connectivity index (χ1v) is 10.9. The van der Waals surface area contributed by atoms with Gasteiger partial charge in [0.25, 0.3) is 0 Å². The van der Waals surface area contributed by atoms with Gasteiger partial charge < -0.3 is 5.32 Å². The molecule has 5 nitrogen and oxygen atoms in total. The second-order valence-corrected chi connectivity index (χ2v) is 8.27.